The van der Waals surface area contributed by atoms with Crippen molar-refractivity contribution in [3.05, 3.63) is 82.7 Å². The Morgan fingerprint density at radius 1 is 0.932 bits per heavy atom. The summed E-state index contributed by atoms with van der Waals surface area (Å²) in [4.78, 5) is 22.7. The third kappa shape index (κ3) is 5.72. The molecule has 9 heteroatoms. The molecule has 2 fully saturated rings. The first-order chi connectivity index (χ1) is 20.9. The standard InChI is InChI=1S/C35H44N4O4S/c1-24-20-28(43-5)21-25(2)32(24)44(41,42)37-31-23-34(3,4)30-7-6-26(22-29(30)31)33(40)39-18-12-35(13-19-39)10-16-38(17-11-35)27-8-14-36-15-9-27/h6-9,14-15,20-22,31,37H,10-13,16-19,23H2,1-5H3. The van der Waals surface area contributed by atoms with E-state index in [4.69, 9.17) is 4.74 Å². The zero-order valence-electron chi connectivity index (χ0n) is 26.5. The molecular weight excluding hydrogens is 572 g/mol. The minimum Gasteiger partial charge on any atom is -0.497 e. The van der Waals surface area contributed by atoms with Gasteiger partial charge in [0.05, 0.1) is 12.0 Å². The number of hydrogen-bond donors (Lipinski definition) is 1. The minimum absolute atomic E-state index is 0.0324. The van der Waals surface area contributed by atoms with E-state index in [2.05, 4.69) is 40.6 Å². The van der Waals surface area contributed by atoms with Crippen LogP contribution in [0.3, 0.4) is 0 Å². The Labute approximate surface area is 261 Å². The molecule has 44 heavy (non-hydrogen) atoms. The van der Waals surface area contributed by atoms with E-state index in [1.54, 1.807) is 33.1 Å². The predicted molar refractivity (Wildman–Crippen MR) is 173 cm³/mol. The number of ether oxygens (including phenoxy) is 1. The molecule has 0 radical (unpaired) electrons. The third-order valence-electron chi connectivity index (χ3n) is 10.3. The molecule has 8 nitrogen and oxygen atoms in total. The molecular formula is C35H44N4O4S. The van der Waals surface area contributed by atoms with Gasteiger partial charge in [0.25, 0.3) is 5.91 Å². The van der Waals surface area contributed by atoms with Crippen molar-refractivity contribution in [3.8, 4) is 5.75 Å². The van der Waals surface area contributed by atoms with Gasteiger partial charge in [-0.15, -0.1) is 0 Å². The Balaban J connectivity index is 1.16. The maximum absolute atomic E-state index is 13.8. The average Bonchev–Trinajstić information content (AvgIpc) is 3.25. The molecule has 6 rings (SSSR count). The van der Waals surface area contributed by atoms with E-state index in [-0.39, 0.29) is 16.2 Å². The Hall–Kier alpha value is -3.43. The first-order valence-electron chi connectivity index (χ1n) is 15.7. The van der Waals surface area contributed by atoms with E-state index in [1.165, 1.54) is 5.69 Å². The number of nitrogens with one attached hydrogen (secondary N) is 1. The molecule has 0 bridgehead atoms. The molecule has 1 atom stereocenters. The monoisotopic (exact) mass is 616 g/mol. The number of pyridine rings is 1. The van der Waals surface area contributed by atoms with Crippen LogP contribution in [0.15, 0.2) is 59.8 Å². The molecule has 234 valence electrons. The molecule has 3 aromatic rings. The first-order valence-corrected chi connectivity index (χ1v) is 17.2. The number of fused-ring (bicyclic) bond motifs is 1. The summed E-state index contributed by atoms with van der Waals surface area (Å²) < 4.78 is 35.8. The van der Waals surface area contributed by atoms with Gasteiger partial charge in [-0.1, -0.05) is 19.9 Å². The summed E-state index contributed by atoms with van der Waals surface area (Å²) in [6, 6.07) is 13.1. The van der Waals surface area contributed by atoms with Crippen LogP contribution in [-0.4, -0.2) is 57.5 Å². The summed E-state index contributed by atoms with van der Waals surface area (Å²) in [5, 5.41) is 0. The molecule has 3 heterocycles. The average molecular weight is 617 g/mol. The van der Waals surface area contributed by atoms with Gasteiger partial charge in [-0.25, -0.2) is 13.1 Å². The van der Waals surface area contributed by atoms with Crippen LogP contribution < -0.4 is 14.4 Å². The van der Waals surface area contributed by atoms with Crippen LogP contribution in [0, 0.1) is 19.3 Å². The Bertz CT molecular complexity index is 1630. The van der Waals surface area contributed by atoms with Gasteiger partial charge >= 0.3 is 0 Å². The number of carbonyl (C=O) groups excluding carboxylic acids is 1. The SMILES string of the molecule is COc1cc(C)c(S(=O)(=O)NC2CC(C)(C)c3ccc(C(=O)N4CCC5(CC4)CCN(c4ccncc4)CC5)cc32)c(C)c1. The van der Waals surface area contributed by atoms with Gasteiger partial charge in [-0.3, -0.25) is 9.78 Å². The number of benzene rings is 2. The molecule has 1 spiro atoms. The van der Waals surface area contributed by atoms with Crippen molar-refractivity contribution in [2.75, 3.05) is 38.2 Å². The van der Waals surface area contributed by atoms with E-state index in [1.807, 2.05) is 35.5 Å². The van der Waals surface area contributed by atoms with Crippen molar-refractivity contribution in [3.63, 3.8) is 0 Å². The maximum atomic E-state index is 13.8. The highest BCUT2D eigenvalue weighted by Gasteiger charge is 2.41. The van der Waals surface area contributed by atoms with Crippen LogP contribution in [0.5, 0.6) is 5.75 Å². The fraction of sp³-hybridized carbons (Fsp3) is 0.486. The predicted octanol–water partition coefficient (Wildman–Crippen LogP) is 5.93. The van der Waals surface area contributed by atoms with Gasteiger partial charge < -0.3 is 14.5 Å². The molecule has 1 amide bonds. The zero-order chi connectivity index (χ0) is 31.3. The van der Waals surface area contributed by atoms with Crippen LogP contribution in [0.4, 0.5) is 5.69 Å². The number of methoxy groups -OCH3 is 1. The summed E-state index contributed by atoms with van der Waals surface area (Å²) in [5.74, 6) is 0.665. The number of hydrogen-bond acceptors (Lipinski definition) is 6. The second-order valence-electron chi connectivity index (χ2n) is 13.6. The van der Waals surface area contributed by atoms with E-state index < -0.39 is 16.1 Å². The van der Waals surface area contributed by atoms with Crippen molar-refractivity contribution in [1.29, 1.82) is 0 Å². The molecule has 3 aliphatic rings. The van der Waals surface area contributed by atoms with Gasteiger partial charge in [-0.05, 0) is 115 Å². The van der Waals surface area contributed by atoms with Crippen molar-refractivity contribution in [1.82, 2.24) is 14.6 Å². The number of anilines is 1. The number of likely N-dealkylation sites (tertiary alicyclic amines) is 1. The smallest absolute Gasteiger partial charge is 0.253 e. The quantitative estimate of drug-likeness (QED) is 0.369. The lowest BCUT2D eigenvalue weighted by Crippen LogP contribution is -2.48. The summed E-state index contributed by atoms with van der Waals surface area (Å²) in [5.41, 5.74) is 5.19. The summed E-state index contributed by atoms with van der Waals surface area (Å²) in [6.07, 6.45) is 8.64. The van der Waals surface area contributed by atoms with Gasteiger partial charge in [-0.2, -0.15) is 0 Å². The van der Waals surface area contributed by atoms with Crippen molar-refractivity contribution in [2.24, 2.45) is 5.41 Å². The van der Waals surface area contributed by atoms with E-state index in [9.17, 15) is 13.2 Å². The number of rotatable bonds is 6. The number of aryl methyl sites for hydroxylation is 2. The summed E-state index contributed by atoms with van der Waals surface area (Å²) in [7, 11) is -2.25. The van der Waals surface area contributed by atoms with E-state index in [0.717, 1.165) is 63.0 Å². The molecule has 1 unspecified atom stereocenters. The number of nitrogens with zero attached hydrogens (tertiary/aromatic N) is 3. The molecule has 2 aliphatic heterocycles. The first kappa shape index (κ1) is 30.6. The highest BCUT2D eigenvalue weighted by molar-refractivity contribution is 7.89. The molecule has 2 saturated heterocycles. The number of sulfonamides is 1. The van der Waals surface area contributed by atoms with Crippen molar-refractivity contribution < 1.29 is 17.9 Å². The van der Waals surface area contributed by atoms with Crippen molar-refractivity contribution >= 4 is 21.6 Å². The second kappa shape index (κ2) is 11.5. The molecule has 2 aromatic carbocycles. The molecule has 1 N–H and O–H groups in total. The lowest BCUT2D eigenvalue weighted by atomic mass is 9.71. The Morgan fingerprint density at radius 3 is 2.16 bits per heavy atom. The lowest BCUT2D eigenvalue weighted by Gasteiger charge is -2.47. The number of aromatic nitrogens is 1. The Kier molecular flexibility index (Phi) is 7.99. The van der Waals surface area contributed by atoms with Crippen LogP contribution in [0.1, 0.15) is 84.6 Å². The van der Waals surface area contributed by atoms with Crippen LogP contribution in [0.2, 0.25) is 0 Å². The van der Waals surface area contributed by atoms with Gasteiger partial charge in [0.15, 0.2) is 0 Å². The molecule has 0 saturated carbocycles. The van der Waals surface area contributed by atoms with Crippen molar-refractivity contribution in [2.45, 2.75) is 76.2 Å². The third-order valence-corrected chi connectivity index (χ3v) is 12.1. The number of amides is 1. The number of piperidine rings is 2. The molecule has 1 aliphatic carbocycles. The van der Waals surface area contributed by atoms with Gasteiger partial charge in [0, 0.05) is 55.9 Å². The van der Waals surface area contributed by atoms with Gasteiger partial charge in [0.2, 0.25) is 10.0 Å². The van der Waals surface area contributed by atoms with Crippen LogP contribution in [0.25, 0.3) is 0 Å². The van der Waals surface area contributed by atoms with E-state index >= 15 is 0 Å². The lowest BCUT2D eigenvalue weighted by molar-refractivity contribution is 0.0515. The second-order valence-corrected chi connectivity index (χ2v) is 15.3. The molecule has 1 aromatic heterocycles. The Morgan fingerprint density at radius 2 is 1.55 bits per heavy atom. The van der Waals surface area contributed by atoms with E-state index in [0.29, 0.717) is 34.3 Å². The minimum atomic E-state index is -3.82. The summed E-state index contributed by atoms with van der Waals surface area (Å²) in [6.45, 7) is 11.4. The zero-order valence-corrected chi connectivity index (χ0v) is 27.3. The normalized spacial score (nSPS) is 20.9. The highest BCUT2D eigenvalue weighted by atomic mass is 32.2. The number of carbonyl (C=O) groups is 1. The largest absolute Gasteiger partial charge is 0.497 e. The van der Waals surface area contributed by atoms with Gasteiger partial charge in [0.1, 0.15) is 5.75 Å². The van der Waals surface area contributed by atoms with Crippen LogP contribution in [-0.2, 0) is 15.4 Å². The van der Waals surface area contributed by atoms with Crippen LogP contribution >= 0.6 is 0 Å². The highest BCUT2D eigenvalue weighted by Crippen LogP contribution is 2.46. The maximum Gasteiger partial charge on any atom is 0.253 e. The fourth-order valence-electron chi connectivity index (χ4n) is 7.80. The fourth-order valence-corrected chi connectivity index (χ4v) is 9.46. The topological polar surface area (TPSA) is 91.8 Å². The summed E-state index contributed by atoms with van der Waals surface area (Å²) >= 11 is 0.